The van der Waals surface area contributed by atoms with E-state index in [0.717, 1.165) is 19.3 Å². The van der Waals surface area contributed by atoms with Crippen molar-refractivity contribution in [3.05, 3.63) is 23.3 Å². The topological polar surface area (TPSA) is 166 Å². The molecule has 1 unspecified atom stereocenters. The van der Waals surface area contributed by atoms with E-state index in [1.54, 1.807) is 5.57 Å². The fourth-order valence-corrected chi connectivity index (χ4v) is 6.69. The summed E-state index contributed by atoms with van der Waals surface area (Å²) >= 11 is 0. The van der Waals surface area contributed by atoms with Crippen molar-refractivity contribution in [3.8, 4) is 0 Å². The molecular formula is C24H36O9S. The fraction of sp³-hybridized carbons (Fsp3) is 0.708. The fourth-order valence-electron chi connectivity index (χ4n) is 6.08. The van der Waals surface area contributed by atoms with Gasteiger partial charge in [0.2, 0.25) is 0 Å². The monoisotopic (exact) mass is 500 g/mol. The lowest BCUT2D eigenvalue weighted by atomic mass is 9.47. The Labute approximate surface area is 200 Å². The van der Waals surface area contributed by atoms with E-state index in [1.165, 1.54) is 24.8 Å². The van der Waals surface area contributed by atoms with Crippen LogP contribution in [-0.4, -0.2) is 51.4 Å². The van der Waals surface area contributed by atoms with Crippen molar-refractivity contribution in [2.45, 2.75) is 77.9 Å². The molecule has 0 aromatic rings. The summed E-state index contributed by atoms with van der Waals surface area (Å²) in [5.74, 6) is -2.61. The van der Waals surface area contributed by atoms with E-state index in [-0.39, 0.29) is 11.3 Å². The minimum atomic E-state index is -4.84. The first-order valence-electron chi connectivity index (χ1n) is 11.6. The molecule has 3 aliphatic rings. The van der Waals surface area contributed by atoms with E-state index in [2.05, 4.69) is 32.9 Å². The Kier molecular flexibility index (Phi) is 8.41. The standard InChI is InChI=1S/C20H30O2.C4H6O7S/c1-13(2)14-6-8-16-15(12-14)7-9-17-19(16,3)10-5-11-20(17,4)18(21)22;5-3(6)1-2(4(7)8)12(9,10)11/h7,12-13,16-17H,5-6,8-11H2,1-4H3,(H,21,22);2H,1H2,(H,5,6)(H,7,8)(H,9,10,11)/t16-,17+,19+,20+;/m0./s1. The van der Waals surface area contributed by atoms with Gasteiger partial charge in [0, 0.05) is 0 Å². The van der Waals surface area contributed by atoms with E-state index < -0.39 is 45.1 Å². The molecule has 0 amide bonds. The van der Waals surface area contributed by atoms with Gasteiger partial charge in [-0.05, 0) is 67.8 Å². The van der Waals surface area contributed by atoms with E-state index in [9.17, 15) is 27.9 Å². The van der Waals surface area contributed by atoms with Gasteiger partial charge in [0.05, 0.1) is 11.8 Å². The van der Waals surface area contributed by atoms with E-state index >= 15 is 0 Å². The van der Waals surface area contributed by atoms with Gasteiger partial charge in [-0.3, -0.25) is 18.9 Å². The van der Waals surface area contributed by atoms with Gasteiger partial charge < -0.3 is 15.3 Å². The minimum absolute atomic E-state index is 0.161. The Morgan fingerprint density at radius 2 is 1.74 bits per heavy atom. The van der Waals surface area contributed by atoms with Gasteiger partial charge in [0.1, 0.15) is 0 Å². The summed E-state index contributed by atoms with van der Waals surface area (Å²) in [6, 6.07) is 0. The predicted octanol–water partition coefficient (Wildman–Crippen LogP) is 4.01. The van der Waals surface area contributed by atoms with Crippen LogP contribution in [0.4, 0.5) is 0 Å². The normalized spacial score (nSPS) is 31.6. The van der Waals surface area contributed by atoms with Crippen molar-refractivity contribution in [2.24, 2.45) is 28.6 Å². The van der Waals surface area contributed by atoms with E-state index in [0.29, 0.717) is 11.8 Å². The van der Waals surface area contributed by atoms with Crippen LogP contribution in [0.2, 0.25) is 0 Å². The first-order chi connectivity index (χ1) is 15.5. The van der Waals surface area contributed by atoms with Crippen LogP contribution in [0.15, 0.2) is 23.3 Å². The highest BCUT2D eigenvalue weighted by Crippen LogP contribution is 2.62. The van der Waals surface area contributed by atoms with Crippen LogP contribution in [0.25, 0.3) is 0 Å². The molecule has 0 bridgehead atoms. The lowest BCUT2D eigenvalue weighted by Crippen LogP contribution is -2.53. The van der Waals surface area contributed by atoms with Crippen molar-refractivity contribution in [2.75, 3.05) is 0 Å². The zero-order valence-electron chi connectivity index (χ0n) is 20.2. The van der Waals surface area contributed by atoms with Crippen LogP contribution in [0.5, 0.6) is 0 Å². The van der Waals surface area contributed by atoms with Crippen LogP contribution < -0.4 is 0 Å². The van der Waals surface area contributed by atoms with E-state index in [1.807, 2.05) is 6.92 Å². The minimum Gasteiger partial charge on any atom is -0.481 e. The number of allylic oxidation sites excluding steroid dienone is 4. The van der Waals surface area contributed by atoms with Crippen LogP contribution >= 0.6 is 0 Å². The molecule has 5 atom stereocenters. The van der Waals surface area contributed by atoms with Crippen LogP contribution in [-0.2, 0) is 24.5 Å². The van der Waals surface area contributed by atoms with Crippen molar-refractivity contribution in [1.29, 1.82) is 0 Å². The number of rotatable bonds is 6. The molecule has 1 fully saturated rings. The molecule has 192 valence electrons. The Hall–Kier alpha value is -2.20. The molecule has 1 saturated carbocycles. The molecule has 3 rings (SSSR count). The van der Waals surface area contributed by atoms with Gasteiger partial charge in [-0.15, -0.1) is 0 Å². The van der Waals surface area contributed by atoms with Gasteiger partial charge in [-0.25, -0.2) is 0 Å². The summed E-state index contributed by atoms with van der Waals surface area (Å²) in [6.07, 6.45) is 10.1. The number of carbonyl (C=O) groups is 3. The number of fused-ring (bicyclic) bond motifs is 3. The lowest BCUT2D eigenvalue weighted by molar-refractivity contribution is -0.162. The number of carboxylic acids is 3. The summed E-state index contributed by atoms with van der Waals surface area (Å²) < 4.78 is 28.7. The number of hydrogen-bond acceptors (Lipinski definition) is 5. The Morgan fingerprint density at radius 1 is 1.12 bits per heavy atom. The van der Waals surface area contributed by atoms with Crippen molar-refractivity contribution >= 4 is 28.0 Å². The van der Waals surface area contributed by atoms with Gasteiger partial charge in [0.15, 0.2) is 5.25 Å². The maximum Gasteiger partial charge on any atom is 0.325 e. The smallest absolute Gasteiger partial charge is 0.325 e. The molecule has 0 heterocycles. The van der Waals surface area contributed by atoms with Crippen LogP contribution in [0, 0.1) is 28.6 Å². The first kappa shape index (κ1) is 28.0. The van der Waals surface area contributed by atoms with Gasteiger partial charge in [-0.1, -0.05) is 44.9 Å². The highest BCUT2D eigenvalue weighted by Gasteiger charge is 2.57. The maximum atomic E-state index is 11.9. The SMILES string of the molecule is CC(C)C1=CC2=CC[C@@H]3[C@](C)(CCC[C@@]3(C)C(=O)O)[C@H]2CC1.O=C(O)CC(C(=O)O)S(=O)(=O)O. The van der Waals surface area contributed by atoms with E-state index in [4.69, 9.17) is 14.8 Å². The second-order valence-corrected chi connectivity index (χ2v) is 12.1. The molecular weight excluding hydrogens is 464 g/mol. The van der Waals surface area contributed by atoms with Crippen molar-refractivity contribution in [1.82, 2.24) is 0 Å². The van der Waals surface area contributed by atoms with Crippen molar-refractivity contribution in [3.63, 3.8) is 0 Å². The zero-order chi connectivity index (χ0) is 26.1. The summed E-state index contributed by atoms with van der Waals surface area (Å²) in [5.41, 5.74) is 2.69. The number of hydrogen-bond donors (Lipinski definition) is 4. The molecule has 0 aromatic heterocycles. The highest BCUT2D eigenvalue weighted by molar-refractivity contribution is 7.87. The first-order valence-corrected chi connectivity index (χ1v) is 13.1. The molecule has 10 heteroatoms. The lowest BCUT2D eigenvalue weighted by Gasteiger charge is -2.57. The Bertz CT molecular complexity index is 994. The third-order valence-electron chi connectivity index (χ3n) is 8.06. The third kappa shape index (κ3) is 5.71. The van der Waals surface area contributed by atoms with Crippen LogP contribution in [0.3, 0.4) is 0 Å². The largest absolute Gasteiger partial charge is 0.481 e. The Balaban J connectivity index is 0.000000292. The molecule has 0 aliphatic heterocycles. The summed E-state index contributed by atoms with van der Waals surface area (Å²) in [5, 5.41) is 23.7. The van der Waals surface area contributed by atoms with Gasteiger partial charge >= 0.3 is 17.9 Å². The highest BCUT2D eigenvalue weighted by atomic mass is 32.2. The average molecular weight is 501 g/mol. The molecule has 34 heavy (non-hydrogen) atoms. The number of carboxylic acid groups (broad SMARTS) is 3. The Morgan fingerprint density at radius 3 is 2.18 bits per heavy atom. The van der Waals surface area contributed by atoms with Gasteiger partial charge in [0.25, 0.3) is 10.1 Å². The molecule has 3 aliphatic carbocycles. The molecule has 9 nitrogen and oxygen atoms in total. The molecule has 0 saturated heterocycles. The second-order valence-electron chi connectivity index (χ2n) is 10.5. The van der Waals surface area contributed by atoms with Crippen molar-refractivity contribution < 1.29 is 42.7 Å². The molecule has 0 radical (unpaired) electrons. The molecule has 0 spiro atoms. The second kappa shape index (κ2) is 10.2. The molecule has 0 aromatic carbocycles. The molecule has 4 N–H and O–H groups in total. The van der Waals surface area contributed by atoms with Crippen LogP contribution in [0.1, 0.15) is 72.6 Å². The third-order valence-corrected chi connectivity index (χ3v) is 9.15. The quantitative estimate of drug-likeness (QED) is 0.394. The van der Waals surface area contributed by atoms with Gasteiger partial charge in [-0.2, -0.15) is 8.42 Å². The maximum absolute atomic E-state index is 11.9. The average Bonchev–Trinajstić information content (AvgIpc) is 2.70. The summed E-state index contributed by atoms with van der Waals surface area (Å²) in [4.78, 5) is 31.9. The number of aliphatic carboxylic acids is 3. The summed E-state index contributed by atoms with van der Waals surface area (Å²) in [7, 11) is -4.84. The zero-order valence-corrected chi connectivity index (χ0v) is 21.0. The summed E-state index contributed by atoms with van der Waals surface area (Å²) in [6.45, 7) is 8.93. The predicted molar refractivity (Wildman–Crippen MR) is 125 cm³/mol.